The van der Waals surface area contributed by atoms with Crippen molar-refractivity contribution in [2.24, 2.45) is 0 Å². The zero-order chi connectivity index (χ0) is 13.7. The quantitative estimate of drug-likeness (QED) is 0.888. The van der Waals surface area contributed by atoms with Gasteiger partial charge in [-0.25, -0.2) is 14.8 Å². The molecular weight excluding hydrogens is 248 g/mol. The van der Waals surface area contributed by atoms with Crippen molar-refractivity contribution in [2.75, 3.05) is 6.61 Å². The molecule has 0 saturated carbocycles. The lowest BCUT2D eigenvalue weighted by molar-refractivity contribution is 0.0696. The summed E-state index contributed by atoms with van der Waals surface area (Å²) in [6, 6.07) is 7.18. The first-order chi connectivity index (χ1) is 9.20. The topological polar surface area (TPSA) is 81.5 Å². The molecular formula is C13H12N2O4. The van der Waals surface area contributed by atoms with Crippen molar-refractivity contribution in [3.05, 3.63) is 42.2 Å². The molecule has 6 nitrogen and oxygen atoms in total. The Kier molecular flexibility index (Phi) is 3.92. The summed E-state index contributed by atoms with van der Waals surface area (Å²) in [5.41, 5.74) is 0.00504. The summed E-state index contributed by atoms with van der Waals surface area (Å²) >= 11 is 0. The predicted octanol–water partition coefficient (Wildman–Crippen LogP) is 2.37. The highest BCUT2D eigenvalue weighted by Gasteiger charge is 2.08. The molecule has 2 rings (SSSR count). The molecule has 0 bridgehead atoms. The SMILES string of the molecule is CCOc1ccccc1Oc1ncc(C(=O)O)cn1. The van der Waals surface area contributed by atoms with Gasteiger partial charge in [-0.2, -0.15) is 0 Å². The lowest BCUT2D eigenvalue weighted by Crippen LogP contribution is -2.00. The molecule has 0 aliphatic rings. The minimum absolute atomic E-state index is 0.00504. The van der Waals surface area contributed by atoms with E-state index in [0.717, 1.165) is 0 Å². The molecule has 0 unspecified atom stereocenters. The molecule has 1 aromatic carbocycles. The maximum Gasteiger partial charge on any atom is 0.338 e. The number of carboxylic acids is 1. The van der Waals surface area contributed by atoms with Crippen molar-refractivity contribution in [3.63, 3.8) is 0 Å². The van der Waals surface area contributed by atoms with E-state index < -0.39 is 5.97 Å². The number of ether oxygens (including phenoxy) is 2. The van der Waals surface area contributed by atoms with Crippen LogP contribution in [0.4, 0.5) is 0 Å². The Morgan fingerprint density at radius 3 is 2.42 bits per heavy atom. The number of carbonyl (C=O) groups is 1. The zero-order valence-corrected chi connectivity index (χ0v) is 10.2. The molecule has 2 aromatic rings. The highest BCUT2D eigenvalue weighted by molar-refractivity contribution is 5.86. The van der Waals surface area contributed by atoms with Crippen molar-refractivity contribution in [3.8, 4) is 17.5 Å². The van der Waals surface area contributed by atoms with Crippen molar-refractivity contribution < 1.29 is 19.4 Å². The molecule has 0 atom stereocenters. The van der Waals surface area contributed by atoms with Crippen LogP contribution in [0.2, 0.25) is 0 Å². The lowest BCUT2D eigenvalue weighted by Gasteiger charge is -2.09. The smallest absolute Gasteiger partial charge is 0.338 e. The van der Waals surface area contributed by atoms with E-state index in [-0.39, 0.29) is 11.6 Å². The number of benzene rings is 1. The highest BCUT2D eigenvalue weighted by Crippen LogP contribution is 2.29. The van der Waals surface area contributed by atoms with Crippen molar-refractivity contribution in [1.29, 1.82) is 0 Å². The number of aromatic carboxylic acids is 1. The van der Waals surface area contributed by atoms with Crippen LogP contribution < -0.4 is 9.47 Å². The minimum Gasteiger partial charge on any atom is -0.490 e. The number of nitrogens with zero attached hydrogens (tertiary/aromatic N) is 2. The normalized spacial score (nSPS) is 9.95. The van der Waals surface area contributed by atoms with Gasteiger partial charge in [0, 0.05) is 12.4 Å². The maximum absolute atomic E-state index is 10.7. The van der Waals surface area contributed by atoms with Crippen molar-refractivity contribution >= 4 is 5.97 Å². The van der Waals surface area contributed by atoms with Gasteiger partial charge in [0.25, 0.3) is 0 Å². The van der Waals surface area contributed by atoms with E-state index in [9.17, 15) is 4.79 Å². The summed E-state index contributed by atoms with van der Waals surface area (Å²) in [7, 11) is 0. The van der Waals surface area contributed by atoms with Gasteiger partial charge in [0.05, 0.1) is 12.2 Å². The van der Waals surface area contributed by atoms with E-state index in [2.05, 4.69) is 9.97 Å². The molecule has 19 heavy (non-hydrogen) atoms. The van der Waals surface area contributed by atoms with E-state index >= 15 is 0 Å². The molecule has 1 aromatic heterocycles. The van der Waals surface area contributed by atoms with Gasteiger partial charge < -0.3 is 14.6 Å². The van der Waals surface area contributed by atoms with Crippen LogP contribution in [0.3, 0.4) is 0 Å². The molecule has 0 fully saturated rings. The molecule has 0 aliphatic carbocycles. The Morgan fingerprint density at radius 1 is 1.21 bits per heavy atom. The summed E-state index contributed by atoms with van der Waals surface area (Å²) in [6.45, 7) is 2.38. The third-order valence-electron chi connectivity index (χ3n) is 2.23. The molecule has 0 aliphatic heterocycles. The third kappa shape index (κ3) is 3.19. The van der Waals surface area contributed by atoms with Gasteiger partial charge in [-0.05, 0) is 19.1 Å². The van der Waals surface area contributed by atoms with E-state index in [1.165, 1.54) is 12.4 Å². The van der Waals surface area contributed by atoms with Crippen molar-refractivity contribution in [2.45, 2.75) is 6.92 Å². The van der Waals surface area contributed by atoms with Gasteiger partial charge in [-0.15, -0.1) is 0 Å². The van der Waals surface area contributed by atoms with E-state index in [1.54, 1.807) is 18.2 Å². The Bertz CT molecular complexity index is 569. The zero-order valence-electron chi connectivity index (χ0n) is 10.2. The Morgan fingerprint density at radius 2 is 1.84 bits per heavy atom. The molecule has 1 N–H and O–H groups in total. The van der Waals surface area contributed by atoms with Crippen LogP contribution >= 0.6 is 0 Å². The molecule has 0 radical (unpaired) electrons. The third-order valence-corrected chi connectivity index (χ3v) is 2.23. The van der Waals surface area contributed by atoms with E-state index in [1.807, 2.05) is 13.0 Å². The van der Waals surface area contributed by atoms with Crippen LogP contribution in [0, 0.1) is 0 Å². The Hall–Kier alpha value is -2.63. The number of hydrogen-bond donors (Lipinski definition) is 1. The first kappa shape index (κ1) is 12.8. The number of hydrogen-bond acceptors (Lipinski definition) is 5. The average Bonchev–Trinajstić information content (AvgIpc) is 2.42. The van der Waals surface area contributed by atoms with Crippen LogP contribution in [0.1, 0.15) is 17.3 Å². The van der Waals surface area contributed by atoms with Crippen molar-refractivity contribution in [1.82, 2.24) is 9.97 Å². The second-order valence-corrected chi connectivity index (χ2v) is 3.54. The van der Waals surface area contributed by atoms with Crippen LogP contribution in [-0.2, 0) is 0 Å². The Balaban J connectivity index is 2.19. The summed E-state index contributed by atoms with van der Waals surface area (Å²) in [6.07, 6.45) is 2.38. The largest absolute Gasteiger partial charge is 0.490 e. The lowest BCUT2D eigenvalue weighted by atomic mass is 10.3. The fraction of sp³-hybridized carbons (Fsp3) is 0.154. The number of para-hydroxylation sites is 2. The average molecular weight is 260 g/mol. The molecule has 0 saturated heterocycles. The molecule has 6 heteroatoms. The van der Waals surface area contributed by atoms with Gasteiger partial charge in [0.15, 0.2) is 11.5 Å². The number of carboxylic acid groups (broad SMARTS) is 1. The summed E-state index contributed by atoms with van der Waals surface area (Å²) in [5.74, 6) is -0.0235. The summed E-state index contributed by atoms with van der Waals surface area (Å²) < 4.78 is 10.9. The summed E-state index contributed by atoms with van der Waals surface area (Å²) in [4.78, 5) is 18.3. The molecule has 98 valence electrons. The second-order valence-electron chi connectivity index (χ2n) is 3.54. The first-order valence-electron chi connectivity index (χ1n) is 5.65. The maximum atomic E-state index is 10.7. The van der Waals surface area contributed by atoms with Crippen LogP contribution in [-0.4, -0.2) is 27.7 Å². The number of aromatic nitrogens is 2. The van der Waals surface area contributed by atoms with Gasteiger partial charge in [0.2, 0.25) is 0 Å². The predicted molar refractivity (Wildman–Crippen MR) is 66.7 cm³/mol. The first-order valence-corrected chi connectivity index (χ1v) is 5.65. The van der Waals surface area contributed by atoms with Crippen LogP contribution in [0.25, 0.3) is 0 Å². The molecule has 0 amide bonds. The van der Waals surface area contributed by atoms with E-state index in [4.69, 9.17) is 14.6 Å². The van der Waals surface area contributed by atoms with Crippen LogP contribution in [0.15, 0.2) is 36.7 Å². The molecule has 1 heterocycles. The summed E-state index contributed by atoms with van der Waals surface area (Å²) in [5, 5.41) is 8.74. The monoisotopic (exact) mass is 260 g/mol. The van der Waals surface area contributed by atoms with Gasteiger partial charge in [-0.1, -0.05) is 12.1 Å². The van der Waals surface area contributed by atoms with Gasteiger partial charge in [0.1, 0.15) is 0 Å². The van der Waals surface area contributed by atoms with E-state index in [0.29, 0.717) is 18.1 Å². The van der Waals surface area contributed by atoms with Gasteiger partial charge in [-0.3, -0.25) is 0 Å². The number of rotatable bonds is 5. The van der Waals surface area contributed by atoms with Crippen LogP contribution in [0.5, 0.6) is 17.5 Å². The highest BCUT2D eigenvalue weighted by atomic mass is 16.5. The fourth-order valence-corrected chi connectivity index (χ4v) is 1.39. The molecule has 0 spiro atoms. The Labute approximate surface area is 109 Å². The standard InChI is InChI=1S/C13H12N2O4/c1-2-18-10-5-3-4-6-11(10)19-13-14-7-9(8-15-13)12(16)17/h3-8H,2H2,1H3,(H,16,17). The second kappa shape index (κ2) is 5.81. The minimum atomic E-state index is -1.08. The fourth-order valence-electron chi connectivity index (χ4n) is 1.39. The van der Waals surface area contributed by atoms with Gasteiger partial charge >= 0.3 is 12.0 Å².